The van der Waals surface area contributed by atoms with Crippen molar-refractivity contribution in [3.63, 3.8) is 0 Å². The summed E-state index contributed by atoms with van der Waals surface area (Å²) in [4.78, 5) is 16.1. The van der Waals surface area contributed by atoms with Crippen molar-refractivity contribution in [1.82, 2.24) is 0 Å². The molecule has 0 saturated heterocycles. The fourth-order valence-electron chi connectivity index (χ4n) is 1.83. The van der Waals surface area contributed by atoms with Crippen molar-refractivity contribution in [2.24, 2.45) is 4.99 Å². The summed E-state index contributed by atoms with van der Waals surface area (Å²) in [7, 11) is 0. The molecule has 0 bridgehead atoms. The first kappa shape index (κ1) is 17.4. The summed E-state index contributed by atoms with van der Waals surface area (Å²) in [5.74, 6) is -3.38. The Balaban J connectivity index is 2.54. The Kier molecular flexibility index (Phi) is 5.36. The minimum absolute atomic E-state index is 0.0806. The standard InChI is InChI=1S/C16H16ClF2NO3/c1-3-23-16(22)11(7-20-9-4-5-9)15(21)10-6-12(18)8(2)14(19)13(10)17/h6-7,9,21H,3-5H2,1-2H3. The van der Waals surface area contributed by atoms with Gasteiger partial charge in [0.05, 0.1) is 17.7 Å². The van der Waals surface area contributed by atoms with Crippen molar-refractivity contribution in [3.05, 3.63) is 39.4 Å². The van der Waals surface area contributed by atoms with Gasteiger partial charge in [-0.25, -0.2) is 13.6 Å². The highest BCUT2D eigenvalue weighted by Gasteiger charge is 2.24. The van der Waals surface area contributed by atoms with Crippen molar-refractivity contribution >= 4 is 29.5 Å². The SMILES string of the molecule is CCOC(=O)C(C=NC1CC1)=C(O)c1cc(F)c(C)c(F)c1Cl. The smallest absolute Gasteiger partial charge is 0.343 e. The minimum atomic E-state index is -0.990. The molecule has 2 rings (SSSR count). The summed E-state index contributed by atoms with van der Waals surface area (Å²) < 4.78 is 32.5. The van der Waals surface area contributed by atoms with Crippen molar-refractivity contribution < 1.29 is 23.4 Å². The Bertz CT molecular complexity index is 697. The van der Waals surface area contributed by atoms with Gasteiger partial charge in [0.15, 0.2) is 0 Å². The van der Waals surface area contributed by atoms with Gasteiger partial charge in [0.25, 0.3) is 0 Å². The lowest BCUT2D eigenvalue weighted by molar-refractivity contribution is -0.137. The van der Waals surface area contributed by atoms with Crippen LogP contribution in [0.25, 0.3) is 5.76 Å². The summed E-state index contributed by atoms with van der Waals surface area (Å²) in [5.41, 5.74) is -0.878. The molecule has 124 valence electrons. The number of aliphatic hydroxyl groups excluding tert-OH is 1. The van der Waals surface area contributed by atoms with Gasteiger partial charge in [-0.1, -0.05) is 11.6 Å². The van der Waals surface area contributed by atoms with Gasteiger partial charge in [0, 0.05) is 17.3 Å². The van der Waals surface area contributed by atoms with E-state index in [9.17, 15) is 18.7 Å². The molecule has 1 aromatic rings. The number of hydrogen-bond acceptors (Lipinski definition) is 4. The van der Waals surface area contributed by atoms with E-state index in [4.69, 9.17) is 16.3 Å². The van der Waals surface area contributed by atoms with Gasteiger partial charge >= 0.3 is 5.97 Å². The number of esters is 1. The third-order valence-electron chi connectivity index (χ3n) is 3.35. The number of carbonyl (C=O) groups excluding carboxylic acids is 1. The monoisotopic (exact) mass is 343 g/mol. The first-order chi connectivity index (χ1) is 10.9. The summed E-state index contributed by atoms with van der Waals surface area (Å²) in [6.45, 7) is 2.90. The van der Waals surface area contributed by atoms with E-state index in [-0.39, 0.29) is 29.3 Å². The molecular formula is C16H16ClF2NO3. The molecule has 1 aliphatic carbocycles. The second-order valence-electron chi connectivity index (χ2n) is 5.15. The molecule has 0 aliphatic heterocycles. The van der Waals surface area contributed by atoms with Gasteiger partial charge in [0.2, 0.25) is 0 Å². The van der Waals surface area contributed by atoms with Crippen LogP contribution in [0.2, 0.25) is 5.02 Å². The highest BCUT2D eigenvalue weighted by molar-refractivity contribution is 6.33. The summed E-state index contributed by atoms with van der Waals surface area (Å²) in [5, 5.41) is 9.83. The Morgan fingerprint density at radius 2 is 2.17 bits per heavy atom. The highest BCUT2D eigenvalue weighted by Crippen LogP contribution is 2.31. The number of aliphatic hydroxyl groups is 1. The van der Waals surface area contributed by atoms with Crippen molar-refractivity contribution in [2.75, 3.05) is 6.61 Å². The predicted octanol–water partition coefficient (Wildman–Crippen LogP) is 3.99. The van der Waals surface area contributed by atoms with Crippen LogP contribution >= 0.6 is 11.6 Å². The van der Waals surface area contributed by atoms with E-state index in [0.29, 0.717) is 0 Å². The van der Waals surface area contributed by atoms with Gasteiger partial charge in [-0.05, 0) is 32.8 Å². The number of aliphatic imine (C=N–C) groups is 1. The Labute approximate surface area is 137 Å². The van der Waals surface area contributed by atoms with E-state index in [1.807, 2.05) is 0 Å². The quantitative estimate of drug-likeness (QED) is 0.289. The third-order valence-corrected chi connectivity index (χ3v) is 3.72. The molecule has 0 aromatic heterocycles. The summed E-state index contributed by atoms with van der Waals surface area (Å²) in [6, 6.07) is 0.967. The molecule has 7 heteroatoms. The third kappa shape index (κ3) is 3.88. The number of hydrogen-bond donors (Lipinski definition) is 1. The maximum absolute atomic E-state index is 13.9. The molecule has 0 amide bonds. The number of ether oxygens (including phenoxy) is 1. The number of rotatable bonds is 5. The molecule has 1 N–H and O–H groups in total. The molecule has 0 spiro atoms. The van der Waals surface area contributed by atoms with Gasteiger partial charge in [-0.3, -0.25) is 4.99 Å². The molecule has 1 aromatic carbocycles. The number of carbonyl (C=O) groups is 1. The Morgan fingerprint density at radius 1 is 1.52 bits per heavy atom. The van der Waals surface area contributed by atoms with Crippen LogP contribution in [0.15, 0.2) is 16.6 Å². The zero-order chi connectivity index (χ0) is 17.1. The van der Waals surface area contributed by atoms with Crippen LogP contribution in [-0.4, -0.2) is 29.9 Å². The second-order valence-corrected chi connectivity index (χ2v) is 5.53. The van der Waals surface area contributed by atoms with Crippen LogP contribution in [0.5, 0.6) is 0 Å². The lowest BCUT2D eigenvalue weighted by Gasteiger charge is -2.11. The molecule has 1 fully saturated rings. The Hall–Kier alpha value is -1.95. The van der Waals surface area contributed by atoms with Crippen LogP contribution in [-0.2, 0) is 9.53 Å². The van der Waals surface area contributed by atoms with Crippen molar-refractivity contribution in [1.29, 1.82) is 0 Å². The average Bonchev–Trinajstić information content (AvgIpc) is 3.33. The lowest BCUT2D eigenvalue weighted by atomic mass is 10.1. The molecule has 1 aliphatic rings. The molecule has 0 heterocycles. The molecule has 4 nitrogen and oxygen atoms in total. The van der Waals surface area contributed by atoms with E-state index < -0.39 is 28.4 Å². The highest BCUT2D eigenvalue weighted by atomic mass is 35.5. The molecule has 0 unspecified atom stereocenters. The van der Waals surface area contributed by atoms with Crippen LogP contribution < -0.4 is 0 Å². The zero-order valence-electron chi connectivity index (χ0n) is 12.7. The molecule has 1 saturated carbocycles. The summed E-state index contributed by atoms with van der Waals surface area (Å²) in [6.07, 6.45) is 2.95. The number of nitrogens with zero attached hydrogens (tertiary/aromatic N) is 1. The molecule has 0 radical (unpaired) electrons. The zero-order valence-corrected chi connectivity index (χ0v) is 13.5. The average molecular weight is 344 g/mol. The molecule has 23 heavy (non-hydrogen) atoms. The van der Waals surface area contributed by atoms with Gasteiger partial charge in [0.1, 0.15) is 23.0 Å². The number of halogens is 3. The van der Waals surface area contributed by atoms with Gasteiger partial charge in [-0.2, -0.15) is 0 Å². The van der Waals surface area contributed by atoms with Crippen LogP contribution in [0.1, 0.15) is 30.9 Å². The maximum Gasteiger partial charge on any atom is 0.343 e. The second kappa shape index (κ2) is 7.08. The van der Waals surface area contributed by atoms with E-state index in [2.05, 4.69) is 4.99 Å². The minimum Gasteiger partial charge on any atom is -0.506 e. The first-order valence-electron chi connectivity index (χ1n) is 7.14. The van der Waals surface area contributed by atoms with Crippen molar-refractivity contribution in [3.8, 4) is 0 Å². The van der Waals surface area contributed by atoms with E-state index in [0.717, 1.165) is 25.1 Å². The van der Waals surface area contributed by atoms with E-state index in [1.54, 1.807) is 6.92 Å². The Morgan fingerprint density at radius 3 is 2.74 bits per heavy atom. The lowest BCUT2D eigenvalue weighted by Crippen LogP contribution is -2.12. The fourth-order valence-corrected chi connectivity index (χ4v) is 2.11. The van der Waals surface area contributed by atoms with Crippen LogP contribution in [0, 0.1) is 18.6 Å². The van der Waals surface area contributed by atoms with Gasteiger partial charge in [-0.15, -0.1) is 0 Å². The van der Waals surface area contributed by atoms with Gasteiger partial charge < -0.3 is 9.84 Å². The first-order valence-corrected chi connectivity index (χ1v) is 7.52. The van der Waals surface area contributed by atoms with E-state index in [1.165, 1.54) is 6.92 Å². The normalized spacial score (nSPS) is 15.7. The van der Waals surface area contributed by atoms with Crippen LogP contribution in [0.4, 0.5) is 8.78 Å². The fraction of sp³-hybridized carbons (Fsp3) is 0.375. The molecule has 0 atom stereocenters. The van der Waals surface area contributed by atoms with Crippen molar-refractivity contribution in [2.45, 2.75) is 32.7 Å². The number of benzene rings is 1. The summed E-state index contributed by atoms with van der Waals surface area (Å²) >= 11 is 5.83. The largest absolute Gasteiger partial charge is 0.506 e. The van der Waals surface area contributed by atoms with E-state index >= 15 is 0 Å². The van der Waals surface area contributed by atoms with Crippen LogP contribution in [0.3, 0.4) is 0 Å². The molecular weight excluding hydrogens is 328 g/mol. The maximum atomic E-state index is 13.9. The predicted molar refractivity (Wildman–Crippen MR) is 83.8 cm³/mol. The topological polar surface area (TPSA) is 58.9 Å².